The van der Waals surface area contributed by atoms with Crippen LogP contribution in [0.4, 0.5) is 11.4 Å². The Kier molecular flexibility index (Phi) is 5.17. The lowest BCUT2D eigenvalue weighted by Crippen LogP contribution is -2.50. The zero-order chi connectivity index (χ0) is 24.1. The second-order valence-corrected chi connectivity index (χ2v) is 10.0. The molecule has 4 heterocycles. The number of hydrogen-bond donors (Lipinski definition) is 1. The summed E-state index contributed by atoms with van der Waals surface area (Å²) in [6.45, 7) is 1.13. The van der Waals surface area contributed by atoms with E-state index in [-0.39, 0.29) is 0 Å². The van der Waals surface area contributed by atoms with Gasteiger partial charge >= 0.3 is 5.76 Å². The molecule has 7 heteroatoms. The first-order chi connectivity index (χ1) is 17.7. The Bertz CT molecular complexity index is 1430. The number of nitrogens with one attached hydrogen (secondary N) is 1. The maximum atomic E-state index is 11.5. The minimum atomic E-state index is -0.565. The molecule has 3 aliphatic rings. The molecular weight excluding hydrogens is 452 g/mol. The van der Waals surface area contributed by atoms with E-state index in [9.17, 15) is 4.79 Å². The summed E-state index contributed by atoms with van der Waals surface area (Å²) in [5.41, 5.74) is 4.36. The molecule has 2 atom stereocenters. The second kappa shape index (κ2) is 8.68. The van der Waals surface area contributed by atoms with Crippen molar-refractivity contribution in [3.05, 3.63) is 88.9 Å². The smallest absolute Gasteiger partial charge is 0.439 e. The minimum Gasteiger partial charge on any atom is -0.453 e. The lowest BCUT2D eigenvalue weighted by atomic mass is 9.93. The van der Waals surface area contributed by atoms with Gasteiger partial charge < -0.3 is 9.64 Å². The Balaban J connectivity index is 1.18. The van der Waals surface area contributed by atoms with Gasteiger partial charge in [-0.15, -0.1) is 0 Å². The summed E-state index contributed by atoms with van der Waals surface area (Å²) in [6, 6.07) is 26.7. The number of ether oxygens (including phenoxy) is 1. The maximum absolute atomic E-state index is 11.5. The highest BCUT2D eigenvalue weighted by Crippen LogP contribution is 2.51. The molecular formula is C29H28N4O3. The van der Waals surface area contributed by atoms with Crippen LogP contribution in [-0.2, 0) is 6.42 Å². The molecule has 2 bridgehead atoms. The average Bonchev–Trinajstić information content (AvgIpc) is 3.45. The third-order valence-electron chi connectivity index (χ3n) is 8.00. The van der Waals surface area contributed by atoms with E-state index in [1.165, 1.54) is 18.4 Å². The summed E-state index contributed by atoms with van der Waals surface area (Å²) >= 11 is 0. The fourth-order valence-corrected chi connectivity index (χ4v) is 6.40. The number of para-hydroxylation sites is 2. The first-order valence-corrected chi connectivity index (χ1v) is 12.8. The van der Waals surface area contributed by atoms with E-state index >= 15 is 0 Å². The van der Waals surface area contributed by atoms with Gasteiger partial charge in [-0.2, -0.15) is 0 Å². The van der Waals surface area contributed by atoms with Gasteiger partial charge in [-0.25, -0.2) is 4.79 Å². The number of H-pyrrole nitrogens is 1. The molecule has 0 amide bonds. The van der Waals surface area contributed by atoms with E-state index in [4.69, 9.17) is 9.26 Å². The molecule has 1 N–H and O–H groups in total. The van der Waals surface area contributed by atoms with Gasteiger partial charge in [-0.3, -0.25) is 14.4 Å². The Morgan fingerprint density at radius 2 is 1.61 bits per heavy atom. The lowest BCUT2D eigenvalue weighted by molar-refractivity contribution is 0.129. The van der Waals surface area contributed by atoms with Gasteiger partial charge in [0.1, 0.15) is 0 Å². The zero-order valence-corrected chi connectivity index (χ0v) is 20.0. The van der Waals surface area contributed by atoms with Crippen molar-refractivity contribution in [3.63, 3.8) is 0 Å². The highest BCUT2D eigenvalue weighted by molar-refractivity contribution is 5.80. The lowest BCUT2D eigenvalue weighted by Gasteiger charge is -2.46. The van der Waals surface area contributed by atoms with E-state index < -0.39 is 5.76 Å². The molecule has 2 unspecified atom stereocenters. The van der Waals surface area contributed by atoms with E-state index in [0.717, 1.165) is 54.2 Å². The summed E-state index contributed by atoms with van der Waals surface area (Å²) in [5, 5.41) is 3.85. The molecule has 7 nitrogen and oxygen atoms in total. The van der Waals surface area contributed by atoms with Gasteiger partial charge in [0.05, 0.1) is 11.4 Å². The first-order valence-electron chi connectivity index (χ1n) is 12.8. The van der Waals surface area contributed by atoms with E-state index in [1.807, 2.05) is 24.3 Å². The molecule has 2 saturated heterocycles. The molecule has 4 aromatic rings. The summed E-state index contributed by atoms with van der Waals surface area (Å²) in [6.07, 6.45) is 5.92. The SMILES string of the molecule is O=c1[nH]c(-c2ccc3c(c2)Oc2ccccc2N3C2CC3CCC(C2)N3CCc2ccccc2)no1. The van der Waals surface area contributed by atoms with Crippen molar-refractivity contribution in [3.8, 4) is 22.9 Å². The number of nitrogens with zero attached hydrogens (tertiary/aromatic N) is 3. The summed E-state index contributed by atoms with van der Waals surface area (Å²) < 4.78 is 11.1. The summed E-state index contributed by atoms with van der Waals surface area (Å²) in [4.78, 5) is 19.4. The number of anilines is 2. The van der Waals surface area contributed by atoms with E-state index in [0.29, 0.717) is 23.9 Å². The minimum absolute atomic E-state index is 0.400. The number of benzene rings is 3. The van der Waals surface area contributed by atoms with Crippen molar-refractivity contribution in [1.29, 1.82) is 0 Å². The van der Waals surface area contributed by atoms with Crippen LogP contribution in [0.25, 0.3) is 11.4 Å². The molecule has 0 saturated carbocycles. The number of hydrogen-bond acceptors (Lipinski definition) is 6. The molecule has 7 rings (SSSR count). The molecule has 3 aliphatic heterocycles. The monoisotopic (exact) mass is 480 g/mol. The summed E-state index contributed by atoms with van der Waals surface area (Å²) in [5.74, 6) is 1.47. The molecule has 1 aromatic heterocycles. The van der Waals surface area contributed by atoms with E-state index in [2.05, 4.69) is 68.5 Å². The quantitative estimate of drug-likeness (QED) is 0.406. The molecule has 182 valence electrons. The molecule has 3 aromatic carbocycles. The van der Waals surface area contributed by atoms with Crippen molar-refractivity contribution in [2.45, 2.75) is 50.2 Å². The van der Waals surface area contributed by atoms with Crippen molar-refractivity contribution < 1.29 is 9.26 Å². The number of rotatable bonds is 5. The van der Waals surface area contributed by atoms with Crippen LogP contribution in [0.5, 0.6) is 11.5 Å². The molecule has 2 fully saturated rings. The predicted molar refractivity (Wildman–Crippen MR) is 138 cm³/mol. The van der Waals surface area contributed by atoms with Crippen LogP contribution in [0.2, 0.25) is 0 Å². The molecule has 36 heavy (non-hydrogen) atoms. The number of aromatic nitrogens is 2. The van der Waals surface area contributed by atoms with Gasteiger partial charge in [-0.1, -0.05) is 47.6 Å². The zero-order valence-electron chi connectivity index (χ0n) is 20.0. The van der Waals surface area contributed by atoms with Crippen LogP contribution >= 0.6 is 0 Å². The van der Waals surface area contributed by atoms with Crippen LogP contribution in [-0.4, -0.2) is 39.7 Å². The molecule has 0 radical (unpaired) electrons. The highest BCUT2D eigenvalue weighted by atomic mass is 16.5. The fraction of sp³-hybridized carbons (Fsp3) is 0.310. The van der Waals surface area contributed by atoms with Crippen molar-refractivity contribution >= 4 is 11.4 Å². The fourth-order valence-electron chi connectivity index (χ4n) is 6.40. The Hall–Kier alpha value is -3.84. The Labute approximate surface area is 209 Å². The maximum Gasteiger partial charge on any atom is 0.439 e. The third-order valence-corrected chi connectivity index (χ3v) is 8.00. The van der Waals surface area contributed by atoms with Crippen molar-refractivity contribution in [1.82, 2.24) is 15.0 Å². The molecule has 0 spiro atoms. The normalized spacial score (nSPS) is 22.7. The van der Waals surface area contributed by atoms with Crippen LogP contribution < -0.4 is 15.4 Å². The summed E-state index contributed by atoms with van der Waals surface area (Å²) in [7, 11) is 0. The van der Waals surface area contributed by atoms with Gasteiger partial charge in [0.15, 0.2) is 17.3 Å². The topological polar surface area (TPSA) is 74.6 Å². The van der Waals surface area contributed by atoms with Gasteiger partial charge in [0, 0.05) is 30.2 Å². The van der Waals surface area contributed by atoms with Gasteiger partial charge in [0.25, 0.3) is 0 Å². The Morgan fingerprint density at radius 3 is 2.39 bits per heavy atom. The Morgan fingerprint density at radius 1 is 0.861 bits per heavy atom. The number of fused-ring (bicyclic) bond motifs is 4. The van der Waals surface area contributed by atoms with Crippen molar-refractivity contribution in [2.75, 3.05) is 11.4 Å². The van der Waals surface area contributed by atoms with Crippen LogP contribution in [0.3, 0.4) is 0 Å². The third kappa shape index (κ3) is 3.71. The largest absolute Gasteiger partial charge is 0.453 e. The van der Waals surface area contributed by atoms with E-state index in [1.54, 1.807) is 0 Å². The standard InChI is InChI=1S/C29H28N4O3/c34-29-30-28(31-36-29)20-10-13-25-27(16-20)35-26-9-5-4-8-24(26)33(25)23-17-21-11-12-22(18-23)32(21)15-14-19-6-2-1-3-7-19/h1-10,13,16,21-23H,11-12,14-15,17-18H2,(H,30,31,34). The van der Waals surface area contributed by atoms with Crippen LogP contribution in [0, 0.1) is 0 Å². The molecule has 0 aliphatic carbocycles. The van der Waals surface area contributed by atoms with Gasteiger partial charge in [-0.05, 0) is 68.0 Å². The second-order valence-electron chi connectivity index (χ2n) is 10.0. The predicted octanol–water partition coefficient (Wildman–Crippen LogP) is 5.51. The highest BCUT2D eigenvalue weighted by Gasteiger charge is 2.44. The number of aromatic amines is 1. The average molecular weight is 481 g/mol. The van der Waals surface area contributed by atoms with Crippen LogP contribution in [0.1, 0.15) is 31.2 Å². The first kappa shape index (κ1) is 21.4. The van der Waals surface area contributed by atoms with Crippen LogP contribution in [0.15, 0.2) is 82.1 Å². The van der Waals surface area contributed by atoms with Crippen molar-refractivity contribution in [2.24, 2.45) is 0 Å². The number of piperidine rings is 1. The van der Waals surface area contributed by atoms with Gasteiger partial charge in [0.2, 0.25) is 0 Å².